The first-order chi connectivity index (χ1) is 16.6. The van der Waals surface area contributed by atoms with Gasteiger partial charge in [0.2, 0.25) is 0 Å². The molecule has 0 spiro atoms. The Morgan fingerprint density at radius 3 is 0.912 bits per heavy atom. The van der Waals surface area contributed by atoms with Gasteiger partial charge in [0.05, 0.1) is 0 Å². The van der Waals surface area contributed by atoms with Crippen LogP contribution in [0.5, 0.6) is 0 Å². The maximum absolute atomic E-state index is 6.57. The van der Waals surface area contributed by atoms with Crippen molar-refractivity contribution in [3.63, 3.8) is 0 Å². The third-order valence-corrected chi connectivity index (χ3v) is 15.8. The zero-order valence-corrected chi connectivity index (χ0v) is 21.9. The summed E-state index contributed by atoms with van der Waals surface area (Å²) >= 11 is 13.1. The Kier molecular flexibility index (Phi) is 6.73. The van der Waals surface area contributed by atoms with Crippen LogP contribution in [-0.4, -0.2) is 4.98 Å². The fourth-order valence-corrected chi connectivity index (χ4v) is 11.6. The number of aromatic nitrogens is 1. The molecule has 0 atom stereocenters. The molecule has 166 valence electrons. The molecule has 5 aromatic rings. The highest BCUT2D eigenvalue weighted by Gasteiger charge is 2.29. The summed E-state index contributed by atoms with van der Waals surface area (Å²) in [5, 5.41) is 6.76. The molecule has 1 heterocycles. The van der Waals surface area contributed by atoms with Crippen molar-refractivity contribution >= 4 is 67.5 Å². The number of rotatable bonds is 6. The summed E-state index contributed by atoms with van der Waals surface area (Å²) in [5.74, 6) is 0. The lowest BCUT2D eigenvalue weighted by atomic mass is 10.4. The first-order valence-corrected chi connectivity index (χ1v) is 16.6. The Bertz CT molecular complexity index is 1290. The average Bonchev–Trinajstić information content (AvgIpc) is 2.94. The minimum atomic E-state index is -2.31. The van der Waals surface area contributed by atoms with Crippen molar-refractivity contribution in [3.05, 3.63) is 140 Å². The van der Waals surface area contributed by atoms with E-state index in [9.17, 15) is 0 Å². The lowest BCUT2D eigenvalue weighted by molar-refractivity contribution is 1.37. The van der Waals surface area contributed by atoms with Gasteiger partial charge in [0, 0.05) is 35.1 Å². The van der Waals surface area contributed by atoms with Gasteiger partial charge in [-0.25, -0.2) is 0 Å². The lowest BCUT2D eigenvalue weighted by Crippen LogP contribution is -2.30. The van der Waals surface area contributed by atoms with E-state index in [-0.39, 0.29) is 0 Å². The van der Waals surface area contributed by atoms with Crippen molar-refractivity contribution in [1.82, 2.24) is 4.98 Å². The molecule has 34 heavy (non-hydrogen) atoms. The largest absolute Gasteiger partial charge is 0.263 e. The quantitative estimate of drug-likeness (QED) is 0.310. The van der Waals surface area contributed by atoms with Gasteiger partial charge in [-0.15, -0.1) is 0 Å². The second-order valence-electron chi connectivity index (χ2n) is 7.96. The van der Waals surface area contributed by atoms with Crippen molar-refractivity contribution in [2.75, 3.05) is 0 Å². The van der Waals surface area contributed by atoms with Crippen LogP contribution in [0.1, 0.15) is 0 Å². The predicted octanol–water partition coefficient (Wildman–Crippen LogP) is 4.59. The molecule has 4 aromatic carbocycles. The van der Waals surface area contributed by atoms with Crippen LogP contribution in [0.2, 0.25) is 0 Å². The summed E-state index contributed by atoms with van der Waals surface area (Å²) in [7, 11) is 0. The zero-order valence-electron chi connectivity index (χ0n) is 18.4. The molecule has 0 amide bonds. The number of pyridine rings is 1. The van der Waals surface area contributed by atoms with E-state index in [4.69, 9.17) is 28.6 Å². The summed E-state index contributed by atoms with van der Waals surface area (Å²) < 4.78 is 0. The molecule has 1 aromatic heterocycles. The van der Waals surface area contributed by atoms with Crippen molar-refractivity contribution < 1.29 is 0 Å². The third-order valence-electron chi connectivity index (χ3n) is 5.92. The molecule has 0 bridgehead atoms. The Labute approximate surface area is 211 Å². The molecular formula is C29H23NP2S2. The summed E-state index contributed by atoms with van der Waals surface area (Å²) in [6, 6.07) is 39.4. The Balaban J connectivity index is 1.76. The summed E-state index contributed by atoms with van der Waals surface area (Å²) in [5.41, 5.74) is 0. The van der Waals surface area contributed by atoms with Crippen LogP contribution in [-0.2, 0) is 23.6 Å². The molecule has 0 saturated heterocycles. The lowest BCUT2D eigenvalue weighted by Gasteiger charge is -2.27. The van der Waals surface area contributed by atoms with Gasteiger partial charge < -0.3 is 0 Å². The van der Waals surface area contributed by atoms with E-state index in [1.165, 1.54) is 0 Å². The molecule has 0 aliphatic rings. The van der Waals surface area contributed by atoms with Gasteiger partial charge in [-0.1, -0.05) is 145 Å². The molecule has 0 unspecified atom stereocenters. The highest BCUT2D eigenvalue weighted by molar-refractivity contribution is 8.26. The van der Waals surface area contributed by atoms with E-state index in [1.54, 1.807) is 0 Å². The van der Waals surface area contributed by atoms with E-state index in [0.717, 1.165) is 31.8 Å². The maximum atomic E-state index is 6.57. The second kappa shape index (κ2) is 9.90. The van der Waals surface area contributed by atoms with E-state index in [2.05, 4.69) is 103 Å². The third kappa shape index (κ3) is 4.15. The summed E-state index contributed by atoms with van der Waals surface area (Å²) in [6.07, 6.45) is 3.89. The van der Waals surface area contributed by atoms with Crippen LogP contribution in [0.3, 0.4) is 0 Å². The first-order valence-electron chi connectivity index (χ1n) is 11.0. The van der Waals surface area contributed by atoms with Crippen molar-refractivity contribution in [1.29, 1.82) is 0 Å². The molecule has 5 heteroatoms. The van der Waals surface area contributed by atoms with Gasteiger partial charge in [-0.2, -0.15) is 0 Å². The minimum absolute atomic E-state index is 1.07. The van der Waals surface area contributed by atoms with Crippen molar-refractivity contribution in [3.8, 4) is 0 Å². The molecule has 0 N–H and O–H groups in total. The average molecular weight is 512 g/mol. The standard InChI is InChI=1S/C29H23NP2S2/c33-31(24-13-5-1-6-14-24,25-15-7-2-8-16-25)28-21-29(23-30-22-28)32(34,26-17-9-3-10-18-26)27-19-11-4-12-20-27/h1-23H. The van der Waals surface area contributed by atoms with Gasteiger partial charge >= 0.3 is 0 Å². The van der Waals surface area contributed by atoms with Crippen LogP contribution in [0.4, 0.5) is 0 Å². The normalized spacial score (nSPS) is 11.8. The van der Waals surface area contributed by atoms with Crippen molar-refractivity contribution in [2.45, 2.75) is 0 Å². The fraction of sp³-hybridized carbons (Fsp3) is 0. The Morgan fingerprint density at radius 2 is 0.647 bits per heavy atom. The van der Waals surface area contributed by atoms with Gasteiger partial charge in [-0.05, 0) is 27.3 Å². The van der Waals surface area contributed by atoms with Crippen LogP contribution in [0.15, 0.2) is 140 Å². The van der Waals surface area contributed by atoms with Crippen molar-refractivity contribution in [2.24, 2.45) is 0 Å². The predicted molar refractivity (Wildman–Crippen MR) is 156 cm³/mol. The first kappa shape index (κ1) is 23.1. The Morgan fingerprint density at radius 1 is 0.382 bits per heavy atom. The van der Waals surface area contributed by atoms with E-state index >= 15 is 0 Å². The monoisotopic (exact) mass is 511 g/mol. The maximum Gasteiger partial charge on any atom is 0.0394 e. The minimum Gasteiger partial charge on any atom is -0.263 e. The zero-order chi connectivity index (χ0) is 23.4. The molecule has 0 aliphatic heterocycles. The van der Waals surface area contributed by atoms with E-state index < -0.39 is 12.1 Å². The highest BCUT2D eigenvalue weighted by atomic mass is 32.4. The van der Waals surface area contributed by atoms with Gasteiger partial charge in [0.25, 0.3) is 0 Å². The fourth-order valence-electron chi connectivity index (χ4n) is 4.21. The van der Waals surface area contributed by atoms with Gasteiger partial charge in [-0.3, -0.25) is 4.98 Å². The van der Waals surface area contributed by atoms with Crippen LogP contribution in [0.25, 0.3) is 0 Å². The summed E-state index contributed by atoms with van der Waals surface area (Å²) in [6.45, 7) is 0. The highest BCUT2D eigenvalue weighted by Crippen LogP contribution is 2.45. The number of hydrogen-bond donors (Lipinski definition) is 0. The SMILES string of the molecule is S=P(c1ccccc1)(c1ccccc1)c1cncc(P(=S)(c2ccccc2)c2ccccc2)c1. The van der Waals surface area contributed by atoms with Crippen LogP contribution < -0.4 is 31.8 Å². The smallest absolute Gasteiger partial charge is 0.0394 e. The second-order valence-corrected chi connectivity index (χ2v) is 16.8. The molecular weight excluding hydrogens is 488 g/mol. The number of benzene rings is 4. The van der Waals surface area contributed by atoms with E-state index in [1.807, 2.05) is 36.7 Å². The van der Waals surface area contributed by atoms with Gasteiger partial charge in [0.1, 0.15) is 0 Å². The summed E-state index contributed by atoms with van der Waals surface area (Å²) in [4.78, 5) is 4.74. The molecule has 0 fully saturated rings. The number of hydrogen-bond acceptors (Lipinski definition) is 3. The van der Waals surface area contributed by atoms with Gasteiger partial charge in [0.15, 0.2) is 0 Å². The molecule has 0 aliphatic carbocycles. The van der Waals surface area contributed by atoms with Crippen LogP contribution >= 0.6 is 12.1 Å². The molecule has 0 saturated carbocycles. The van der Waals surface area contributed by atoms with Crippen LogP contribution in [0, 0.1) is 0 Å². The topological polar surface area (TPSA) is 12.9 Å². The Hall–Kier alpha value is -2.67. The molecule has 1 nitrogen and oxygen atoms in total. The number of nitrogens with zero attached hydrogens (tertiary/aromatic N) is 1. The molecule has 0 radical (unpaired) electrons. The van der Waals surface area contributed by atoms with E-state index in [0.29, 0.717) is 0 Å². The molecule has 5 rings (SSSR count).